The van der Waals surface area contributed by atoms with E-state index in [2.05, 4.69) is 27.4 Å². The molecule has 1 N–H and O–H groups in total. The molecule has 2 atom stereocenters. The van der Waals surface area contributed by atoms with Gasteiger partial charge in [-0.1, -0.05) is 46.8 Å². The molecule has 1 aliphatic heterocycles. The van der Waals surface area contributed by atoms with E-state index in [1.165, 1.54) is 11.1 Å². The SMILES string of the molecule is C=C(C=CCN1CCC(c2ccc(C(=O)N(C)C)cc2)C(F)C1)/C(Br)=C\C=N. The number of nitrogens with one attached hydrogen (secondary N) is 1. The largest absolute Gasteiger partial charge is 0.345 e. The normalized spacial score (nSPS) is 20.9. The Morgan fingerprint density at radius 3 is 2.64 bits per heavy atom. The first-order valence-electron chi connectivity index (χ1n) is 9.23. The Hall–Kier alpha value is -2.05. The van der Waals surface area contributed by atoms with Gasteiger partial charge in [0.15, 0.2) is 0 Å². The minimum absolute atomic E-state index is 0.0476. The topological polar surface area (TPSA) is 47.4 Å². The maximum Gasteiger partial charge on any atom is 0.253 e. The number of nitrogens with zero attached hydrogens (tertiary/aromatic N) is 2. The molecule has 150 valence electrons. The van der Waals surface area contributed by atoms with Crippen molar-refractivity contribution in [1.29, 1.82) is 5.41 Å². The fourth-order valence-corrected chi connectivity index (χ4v) is 3.51. The standard InChI is InChI=1S/C22H27BrFN3O/c1-16(20(23)10-12-25)5-4-13-27-14-11-19(21(24)15-27)17-6-8-18(9-7-17)22(28)26(2)3/h4-10,12,19,21,25H,1,11,13-15H2,2-3H3/b5-4?,20-10+,25-12?. The molecule has 1 aromatic rings. The zero-order valence-corrected chi connectivity index (χ0v) is 18.0. The molecule has 1 aliphatic rings. The van der Waals surface area contributed by atoms with Gasteiger partial charge < -0.3 is 10.3 Å². The fourth-order valence-electron chi connectivity index (χ4n) is 3.24. The first kappa shape index (κ1) is 22.2. The van der Waals surface area contributed by atoms with E-state index in [9.17, 15) is 9.18 Å². The number of alkyl halides is 1. The third-order valence-corrected chi connectivity index (χ3v) is 5.61. The van der Waals surface area contributed by atoms with Crippen molar-refractivity contribution < 1.29 is 9.18 Å². The van der Waals surface area contributed by atoms with Crippen LogP contribution in [0.15, 0.2) is 59.1 Å². The average molecular weight is 448 g/mol. The van der Waals surface area contributed by atoms with Crippen LogP contribution in [0.4, 0.5) is 4.39 Å². The minimum atomic E-state index is -0.940. The van der Waals surface area contributed by atoms with E-state index < -0.39 is 6.17 Å². The van der Waals surface area contributed by atoms with Crippen LogP contribution in [0, 0.1) is 5.41 Å². The van der Waals surface area contributed by atoms with Gasteiger partial charge in [0, 0.05) is 49.4 Å². The predicted molar refractivity (Wildman–Crippen MR) is 117 cm³/mol. The van der Waals surface area contributed by atoms with Crippen molar-refractivity contribution in [3.8, 4) is 0 Å². The lowest BCUT2D eigenvalue weighted by atomic mass is 9.87. The van der Waals surface area contributed by atoms with Crippen molar-refractivity contribution in [2.75, 3.05) is 33.7 Å². The van der Waals surface area contributed by atoms with Gasteiger partial charge >= 0.3 is 0 Å². The summed E-state index contributed by atoms with van der Waals surface area (Å²) >= 11 is 3.36. The highest BCUT2D eigenvalue weighted by molar-refractivity contribution is 9.12. The Labute approximate surface area is 175 Å². The molecule has 28 heavy (non-hydrogen) atoms. The van der Waals surface area contributed by atoms with Gasteiger partial charge in [-0.2, -0.15) is 0 Å². The molecular weight excluding hydrogens is 421 g/mol. The number of hydrogen-bond acceptors (Lipinski definition) is 3. The Bertz CT molecular complexity index is 770. The zero-order valence-electron chi connectivity index (χ0n) is 16.4. The first-order valence-corrected chi connectivity index (χ1v) is 10.0. The van der Waals surface area contributed by atoms with E-state index in [-0.39, 0.29) is 11.8 Å². The summed E-state index contributed by atoms with van der Waals surface area (Å²) in [5.41, 5.74) is 2.35. The van der Waals surface area contributed by atoms with Gasteiger partial charge in [-0.15, -0.1) is 0 Å². The quantitative estimate of drug-likeness (QED) is 0.491. The molecule has 2 unspecified atom stereocenters. The van der Waals surface area contributed by atoms with Gasteiger partial charge in [0.25, 0.3) is 5.91 Å². The number of benzene rings is 1. The average Bonchev–Trinajstić information content (AvgIpc) is 2.67. The monoisotopic (exact) mass is 447 g/mol. The molecule has 0 aromatic heterocycles. The van der Waals surface area contributed by atoms with E-state index in [1.807, 2.05) is 24.3 Å². The lowest BCUT2D eigenvalue weighted by Gasteiger charge is -2.34. The van der Waals surface area contributed by atoms with Crippen molar-refractivity contribution in [2.45, 2.75) is 18.5 Å². The second-order valence-electron chi connectivity index (χ2n) is 7.10. The summed E-state index contributed by atoms with van der Waals surface area (Å²) in [6.45, 7) is 5.79. The molecule has 1 amide bonds. The summed E-state index contributed by atoms with van der Waals surface area (Å²) in [4.78, 5) is 15.6. The van der Waals surface area contributed by atoms with Crippen LogP contribution >= 0.6 is 15.9 Å². The molecule has 0 radical (unpaired) electrons. The first-order chi connectivity index (χ1) is 13.3. The van der Waals surface area contributed by atoms with Crippen LogP contribution < -0.4 is 0 Å². The molecule has 1 aromatic carbocycles. The molecule has 0 aliphatic carbocycles. The van der Waals surface area contributed by atoms with E-state index in [4.69, 9.17) is 5.41 Å². The van der Waals surface area contributed by atoms with Crippen LogP contribution in [0.25, 0.3) is 0 Å². The Morgan fingerprint density at radius 2 is 2.07 bits per heavy atom. The van der Waals surface area contributed by atoms with Crippen LogP contribution in [-0.2, 0) is 0 Å². The van der Waals surface area contributed by atoms with Crippen molar-refractivity contribution in [3.63, 3.8) is 0 Å². The number of hydrogen-bond donors (Lipinski definition) is 1. The number of carbonyl (C=O) groups is 1. The lowest BCUT2D eigenvalue weighted by molar-refractivity contribution is 0.0827. The Balaban J connectivity index is 1.91. The summed E-state index contributed by atoms with van der Waals surface area (Å²) in [7, 11) is 3.44. The van der Waals surface area contributed by atoms with Gasteiger partial charge in [-0.05, 0) is 42.3 Å². The smallest absolute Gasteiger partial charge is 0.253 e. The molecule has 6 heteroatoms. The number of amides is 1. The molecule has 4 nitrogen and oxygen atoms in total. The summed E-state index contributed by atoms with van der Waals surface area (Å²) in [5.74, 6) is -0.183. The third kappa shape index (κ3) is 5.97. The van der Waals surface area contributed by atoms with Gasteiger partial charge in [0.1, 0.15) is 6.17 Å². The van der Waals surface area contributed by atoms with E-state index >= 15 is 0 Å². The summed E-state index contributed by atoms with van der Waals surface area (Å²) in [6.07, 6.45) is 6.47. The summed E-state index contributed by atoms with van der Waals surface area (Å²) in [6, 6.07) is 7.32. The van der Waals surface area contributed by atoms with Crippen LogP contribution in [0.5, 0.6) is 0 Å². The molecule has 2 rings (SSSR count). The molecule has 0 saturated carbocycles. The van der Waals surface area contributed by atoms with Gasteiger partial charge in [-0.25, -0.2) is 4.39 Å². The number of allylic oxidation sites excluding steroid dienone is 4. The minimum Gasteiger partial charge on any atom is -0.345 e. The van der Waals surface area contributed by atoms with Crippen molar-refractivity contribution in [1.82, 2.24) is 9.80 Å². The van der Waals surface area contributed by atoms with Gasteiger partial charge in [-0.3, -0.25) is 9.69 Å². The molecule has 0 bridgehead atoms. The molecule has 1 heterocycles. The number of carbonyl (C=O) groups excluding carboxylic acids is 1. The van der Waals surface area contributed by atoms with Crippen molar-refractivity contribution in [3.05, 3.63) is 70.3 Å². The molecule has 1 saturated heterocycles. The lowest BCUT2D eigenvalue weighted by Crippen LogP contribution is -2.40. The van der Waals surface area contributed by atoms with E-state index in [0.717, 1.165) is 28.6 Å². The highest BCUT2D eigenvalue weighted by atomic mass is 79.9. The number of piperidine rings is 1. The molecule has 1 fully saturated rings. The Kier molecular flexibility index (Phi) is 8.33. The fraction of sp³-hybridized carbons (Fsp3) is 0.364. The third-order valence-electron chi connectivity index (χ3n) is 4.84. The second-order valence-corrected chi connectivity index (χ2v) is 7.96. The number of halogens is 2. The second kappa shape index (κ2) is 10.5. The number of rotatable bonds is 7. The van der Waals surface area contributed by atoms with Crippen LogP contribution in [0.2, 0.25) is 0 Å². The van der Waals surface area contributed by atoms with Crippen LogP contribution in [-0.4, -0.2) is 61.8 Å². The summed E-state index contributed by atoms with van der Waals surface area (Å²) in [5, 5.41) is 7.06. The molecule has 0 spiro atoms. The maximum atomic E-state index is 14.8. The van der Waals surface area contributed by atoms with Crippen molar-refractivity contribution >= 4 is 28.1 Å². The van der Waals surface area contributed by atoms with E-state index in [1.54, 1.807) is 32.3 Å². The van der Waals surface area contributed by atoms with Gasteiger partial charge in [0.2, 0.25) is 0 Å². The highest BCUT2D eigenvalue weighted by Gasteiger charge is 2.29. The zero-order chi connectivity index (χ0) is 20.7. The maximum absolute atomic E-state index is 14.8. The molecular formula is C22H27BrFN3O. The predicted octanol–water partition coefficient (Wildman–Crippen LogP) is 4.56. The summed E-state index contributed by atoms with van der Waals surface area (Å²) < 4.78 is 15.5. The van der Waals surface area contributed by atoms with Crippen LogP contribution in [0.1, 0.15) is 28.3 Å². The number of likely N-dealkylation sites (tertiary alicyclic amines) is 1. The highest BCUT2D eigenvalue weighted by Crippen LogP contribution is 2.30. The van der Waals surface area contributed by atoms with E-state index in [0.29, 0.717) is 18.7 Å². The Morgan fingerprint density at radius 1 is 1.39 bits per heavy atom. The van der Waals surface area contributed by atoms with Crippen LogP contribution in [0.3, 0.4) is 0 Å². The van der Waals surface area contributed by atoms with Gasteiger partial charge in [0.05, 0.1) is 0 Å². The van der Waals surface area contributed by atoms with Crippen molar-refractivity contribution in [2.24, 2.45) is 0 Å².